The molecule has 79 heavy (non-hydrogen) atoms. The smallest absolute Gasteiger partial charge is 0.297 e. The number of halogens is 1. The summed E-state index contributed by atoms with van der Waals surface area (Å²) in [5.74, 6) is 0.274. The van der Waals surface area contributed by atoms with Gasteiger partial charge in [0.25, 0.3) is 30.4 Å². The quantitative estimate of drug-likeness (QED) is 0.107. The van der Waals surface area contributed by atoms with Crippen LogP contribution in [-0.2, 0) is 80.8 Å². The summed E-state index contributed by atoms with van der Waals surface area (Å²) in [7, 11) is -11.5. The maximum atomic E-state index is 12.2. The fourth-order valence-corrected chi connectivity index (χ4v) is 13.0. The first-order valence-electron chi connectivity index (χ1n) is 25.7. The van der Waals surface area contributed by atoms with E-state index in [2.05, 4.69) is 15.9 Å². The van der Waals surface area contributed by atoms with Crippen LogP contribution in [0.25, 0.3) is 0 Å². The highest BCUT2D eigenvalue weighted by molar-refractivity contribution is 9.09. The molecule has 25 heteroatoms. The number of ether oxygens (including phenoxy) is 8. The summed E-state index contributed by atoms with van der Waals surface area (Å²) in [6.45, 7) is 12.4. The summed E-state index contributed by atoms with van der Waals surface area (Å²) in [6.07, 6.45) is 2.55. The van der Waals surface area contributed by atoms with Gasteiger partial charge in [-0.3, -0.25) is 12.5 Å². The van der Waals surface area contributed by atoms with Crippen molar-refractivity contribution in [1.82, 2.24) is 0 Å². The van der Waals surface area contributed by atoms with Gasteiger partial charge in [0.05, 0.1) is 91.2 Å². The summed E-state index contributed by atoms with van der Waals surface area (Å²) in [5, 5.41) is 36.7. The molecule has 0 unspecified atom stereocenters. The number of aliphatic hydroxyl groups is 4. The number of aliphatic hydroxyl groups excluding tert-OH is 4. The molecule has 16 atom stereocenters. The van der Waals surface area contributed by atoms with Crippen LogP contribution in [0.5, 0.6) is 0 Å². The lowest BCUT2D eigenvalue weighted by Gasteiger charge is -2.20. The Morgan fingerprint density at radius 1 is 0.544 bits per heavy atom. The standard InChI is InChI=1S/C14H18O5S.C13H15BrO5S.C13H16O5S.C7H12O2.C6H10O4.CH4/c1-9-3-5-11(6-4-9)20(15,16)19-12-8-18-13-10(2)7-17-14(12)13;1-8-2-4-9(5-3-8)20(15,16)19-11-7-18-12-10(14)6-17-13(11)12;1-10-4-6-11(7-5-10)19(15,16)18-13(9-14)12-3-2-8-17-12;1-2-6(8)7-4-3-5-9-7;7-3-1-9-6-4(8)2-10-5(3)6;/h3-6,10,12-14H,7-8H2,1-2H3;2-5,10-13H,6-7H2,1H3;2-7,12-14H,8-9H2,1H3;3-4,6-8H,2,5H2,1H3;3-8H,1-2H2;1H4/t10-,12+,13-,14-;10-,11-,12+,13+;12-,13-;6-,7+;3-,4+,5-,6-;/m10011./s1. The van der Waals surface area contributed by atoms with Crippen LogP contribution in [-0.4, -0.2) is 195 Å². The highest BCUT2D eigenvalue weighted by Crippen LogP contribution is 2.35. The molecule has 8 aliphatic rings. The molecule has 3 aromatic rings. The topological polar surface area (TPSA) is 285 Å². The van der Waals surface area contributed by atoms with Gasteiger partial charge in [-0.25, -0.2) is 0 Å². The lowest BCUT2D eigenvalue weighted by atomic mass is 10.0. The molecule has 11 rings (SSSR count). The van der Waals surface area contributed by atoms with Crippen LogP contribution in [0.2, 0.25) is 0 Å². The van der Waals surface area contributed by atoms with Crippen molar-refractivity contribution in [3.8, 4) is 0 Å². The van der Waals surface area contributed by atoms with E-state index in [1.807, 2.05) is 46.8 Å². The Kier molecular flexibility index (Phi) is 24.2. The van der Waals surface area contributed by atoms with Crippen LogP contribution in [0, 0.1) is 26.7 Å². The van der Waals surface area contributed by atoms with E-state index in [-0.39, 0.29) is 108 Å². The van der Waals surface area contributed by atoms with Gasteiger partial charge in [-0.1, -0.05) is 115 Å². The second kappa shape index (κ2) is 29.4. The van der Waals surface area contributed by atoms with E-state index in [9.17, 15) is 35.5 Å². The van der Waals surface area contributed by atoms with Crippen molar-refractivity contribution in [1.29, 1.82) is 0 Å². The minimum Gasteiger partial charge on any atom is -0.394 e. The largest absolute Gasteiger partial charge is 0.394 e. The zero-order valence-corrected chi connectivity index (χ0v) is 47.9. The maximum absolute atomic E-state index is 12.2. The molecule has 0 spiro atoms. The maximum Gasteiger partial charge on any atom is 0.297 e. The zero-order chi connectivity index (χ0) is 56.4. The normalized spacial score (nSPS) is 31.9. The van der Waals surface area contributed by atoms with Crippen LogP contribution >= 0.6 is 15.9 Å². The molecule has 4 N–H and O–H groups in total. The van der Waals surface area contributed by atoms with E-state index in [1.165, 1.54) is 12.1 Å². The van der Waals surface area contributed by atoms with E-state index in [4.69, 9.17) is 60.7 Å². The lowest BCUT2D eigenvalue weighted by Crippen LogP contribution is -2.33. The number of fused-ring (bicyclic) bond motifs is 3. The van der Waals surface area contributed by atoms with E-state index >= 15 is 0 Å². The number of rotatable bonds is 13. The number of benzene rings is 3. The molecule has 442 valence electrons. The predicted molar refractivity (Wildman–Crippen MR) is 290 cm³/mol. The Labute approximate surface area is 472 Å². The Morgan fingerprint density at radius 3 is 1.37 bits per heavy atom. The molecular weight excluding hydrogens is 1160 g/mol. The van der Waals surface area contributed by atoms with Gasteiger partial charge in [0.1, 0.15) is 73.2 Å². The molecule has 21 nitrogen and oxygen atoms in total. The monoisotopic (exact) mass is 1230 g/mol. The molecule has 0 aromatic heterocycles. The van der Waals surface area contributed by atoms with Crippen molar-refractivity contribution >= 4 is 46.3 Å². The molecule has 6 fully saturated rings. The third-order valence-electron chi connectivity index (χ3n) is 13.6. The van der Waals surface area contributed by atoms with Gasteiger partial charge >= 0.3 is 0 Å². The second-order valence-corrected chi connectivity index (χ2v) is 25.6. The molecular formula is C54H75BrO21S3. The van der Waals surface area contributed by atoms with Gasteiger partial charge in [-0.2, -0.15) is 25.3 Å². The van der Waals surface area contributed by atoms with Crippen LogP contribution < -0.4 is 0 Å². The third kappa shape index (κ3) is 17.2. The van der Waals surface area contributed by atoms with Crippen molar-refractivity contribution in [2.45, 2.75) is 153 Å². The van der Waals surface area contributed by atoms with Crippen LogP contribution in [0.15, 0.2) is 112 Å². The predicted octanol–water partition coefficient (Wildman–Crippen LogP) is 4.00. The Bertz CT molecular complexity index is 2640. The van der Waals surface area contributed by atoms with Gasteiger partial charge in [0.2, 0.25) is 0 Å². The van der Waals surface area contributed by atoms with Crippen LogP contribution in [0.4, 0.5) is 0 Å². The Hall–Kier alpha value is -3.13. The molecule has 0 bridgehead atoms. The van der Waals surface area contributed by atoms with E-state index < -0.39 is 73.6 Å². The van der Waals surface area contributed by atoms with Gasteiger partial charge in [0.15, 0.2) is 0 Å². The van der Waals surface area contributed by atoms with Gasteiger partial charge in [0, 0.05) is 5.92 Å². The van der Waals surface area contributed by atoms with Gasteiger partial charge in [-0.15, -0.1) is 0 Å². The first kappa shape index (κ1) is 65.0. The molecule has 0 saturated carbocycles. The molecule has 8 aliphatic heterocycles. The van der Waals surface area contributed by atoms with Crippen molar-refractivity contribution in [3.05, 3.63) is 114 Å². The van der Waals surface area contributed by atoms with E-state index in [0.29, 0.717) is 26.4 Å². The zero-order valence-electron chi connectivity index (χ0n) is 43.9. The molecule has 8 heterocycles. The Balaban J connectivity index is 0.000000164. The summed E-state index contributed by atoms with van der Waals surface area (Å²) in [5.41, 5.74) is 2.95. The minimum atomic E-state index is -3.90. The number of alkyl halides is 1. The fourth-order valence-electron chi connectivity index (χ4n) is 9.18. The van der Waals surface area contributed by atoms with Gasteiger partial charge in [-0.05, 0) is 63.6 Å². The summed E-state index contributed by atoms with van der Waals surface area (Å²) < 4.78 is 131. The van der Waals surface area contributed by atoms with Gasteiger partial charge < -0.3 is 58.3 Å². The van der Waals surface area contributed by atoms with E-state index in [0.717, 1.165) is 23.1 Å². The summed E-state index contributed by atoms with van der Waals surface area (Å²) in [4.78, 5) is 0.472. The summed E-state index contributed by atoms with van der Waals surface area (Å²) >= 11 is 3.45. The SMILES string of the molecule is C.CC[C@@H](O)[C@@H]1C=CCO1.Cc1ccc(S(=O)(=O)O[C@@H](CO)[C@@H]2C=CCO2)cc1.Cc1ccc(S(=O)(=O)O[C@H]2CO[C@H]3[C@@H]2OC[C@@H]3Br)cc1.Cc1ccc(S(=O)(=O)O[C@H]2CO[C@H]3[C@@H]2OC[C@H]3C)cc1.O[C@@H]1CO[C@H]2[C@@H]1OC[C@@H]2O. The van der Waals surface area contributed by atoms with Crippen molar-refractivity contribution in [3.63, 3.8) is 0 Å². The number of hydrogen-bond acceptors (Lipinski definition) is 21. The summed E-state index contributed by atoms with van der Waals surface area (Å²) in [6, 6.07) is 19.5. The molecule has 0 aliphatic carbocycles. The molecule has 6 saturated heterocycles. The fraction of sp³-hybridized carbons (Fsp3) is 0.593. The third-order valence-corrected chi connectivity index (χ3v) is 18.5. The first-order valence-corrected chi connectivity index (χ1v) is 30.8. The van der Waals surface area contributed by atoms with Crippen LogP contribution in [0.3, 0.4) is 0 Å². The Morgan fingerprint density at radius 2 is 0.937 bits per heavy atom. The lowest BCUT2D eigenvalue weighted by molar-refractivity contribution is 0.00185. The highest BCUT2D eigenvalue weighted by atomic mass is 79.9. The van der Waals surface area contributed by atoms with E-state index in [1.54, 1.807) is 72.8 Å². The second-order valence-electron chi connectivity index (χ2n) is 19.7. The van der Waals surface area contributed by atoms with Crippen molar-refractivity contribution in [2.75, 3.05) is 59.5 Å². The van der Waals surface area contributed by atoms with Crippen molar-refractivity contribution < 1.29 is 96.1 Å². The highest BCUT2D eigenvalue weighted by Gasteiger charge is 2.50. The number of hydrogen-bond donors (Lipinski definition) is 4. The average molecular weight is 1240 g/mol. The molecule has 0 amide bonds. The molecule has 0 radical (unpaired) electrons. The van der Waals surface area contributed by atoms with Crippen molar-refractivity contribution in [2.24, 2.45) is 5.92 Å². The molecule has 3 aromatic carbocycles. The average Bonchev–Trinajstić information content (AvgIpc) is 4.33. The first-order chi connectivity index (χ1) is 37.1. The van der Waals surface area contributed by atoms with Crippen LogP contribution in [0.1, 0.15) is 44.4 Å². The minimum absolute atomic E-state index is 0. The number of aryl methyl sites for hydroxylation is 3.